The van der Waals surface area contributed by atoms with Gasteiger partial charge in [0.2, 0.25) is 0 Å². The zero-order valence-electron chi connectivity index (χ0n) is 8.57. The molecule has 15 heavy (non-hydrogen) atoms. The minimum absolute atomic E-state index is 0.0498. The second-order valence-electron chi connectivity index (χ2n) is 3.45. The molecule has 4 nitrogen and oxygen atoms in total. The number of aromatic nitrogens is 2. The van der Waals surface area contributed by atoms with E-state index in [2.05, 4.69) is 5.10 Å². The molecule has 0 bridgehead atoms. The van der Waals surface area contributed by atoms with Crippen molar-refractivity contribution in [2.75, 3.05) is 5.73 Å². The van der Waals surface area contributed by atoms with Crippen LogP contribution in [0.1, 0.15) is 24.5 Å². The smallest absolute Gasteiger partial charge is 0.141 e. The number of hydrogen-bond acceptors (Lipinski definition) is 3. The van der Waals surface area contributed by atoms with Gasteiger partial charge < -0.3 is 10.2 Å². The van der Waals surface area contributed by atoms with Crippen molar-refractivity contribution in [2.24, 2.45) is 0 Å². The Morgan fingerprint density at radius 2 is 2.27 bits per heavy atom. The van der Waals surface area contributed by atoms with Gasteiger partial charge in [-0.1, -0.05) is 11.6 Å². The van der Waals surface area contributed by atoms with Crippen LogP contribution >= 0.6 is 11.6 Å². The third-order valence-corrected chi connectivity index (χ3v) is 2.62. The number of hydrogen-bond donors (Lipinski definition) is 1. The Morgan fingerprint density at radius 3 is 2.73 bits per heavy atom. The molecule has 0 fully saturated rings. The zero-order chi connectivity index (χ0) is 11.0. The van der Waals surface area contributed by atoms with Crippen LogP contribution in [0.25, 0.3) is 0 Å². The minimum atomic E-state index is -0.0498. The molecule has 0 spiro atoms. The predicted octanol–water partition coefficient (Wildman–Crippen LogP) is 2.63. The normalized spacial score (nSPS) is 13.0. The fourth-order valence-electron chi connectivity index (χ4n) is 1.46. The summed E-state index contributed by atoms with van der Waals surface area (Å²) in [5.41, 5.74) is 5.77. The van der Waals surface area contributed by atoms with E-state index in [1.165, 1.54) is 6.20 Å². The summed E-state index contributed by atoms with van der Waals surface area (Å²) in [5.74, 6) is 2.14. The summed E-state index contributed by atoms with van der Waals surface area (Å²) in [6.45, 7) is 3.85. The third-order valence-electron chi connectivity index (χ3n) is 2.33. The number of rotatable bonds is 2. The second-order valence-corrected chi connectivity index (χ2v) is 3.85. The summed E-state index contributed by atoms with van der Waals surface area (Å²) < 4.78 is 7.14. The molecular formula is C10H12ClN3O. The highest BCUT2D eigenvalue weighted by atomic mass is 35.5. The summed E-state index contributed by atoms with van der Waals surface area (Å²) in [7, 11) is 0. The first kappa shape index (κ1) is 10.1. The number of halogens is 1. The fraction of sp³-hybridized carbons (Fsp3) is 0.300. The van der Waals surface area contributed by atoms with Gasteiger partial charge in [0, 0.05) is 0 Å². The molecule has 2 rings (SSSR count). The van der Waals surface area contributed by atoms with Crippen molar-refractivity contribution in [3.05, 3.63) is 34.9 Å². The van der Waals surface area contributed by atoms with Crippen molar-refractivity contribution < 1.29 is 4.42 Å². The zero-order valence-corrected chi connectivity index (χ0v) is 9.32. The Bertz CT molecular complexity index is 475. The van der Waals surface area contributed by atoms with E-state index in [1.807, 2.05) is 26.0 Å². The van der Waals surface area contributed by atoms with E-state index in [0.29, 0.717) is 10.8 Å². The van der Waals surface area contributed by atoms with Crippen molar-refractivity contribution in [3.8, 4) is 0 Å². The Morgan fingerprint density at radius 1 is 1.53 bits per heavy atom. The average Bonchev–Trinajstić information content (AvgIpc) is 2.75. The maximum absolute atomic E-state index is 5.83. The van der Waals surface area contributed by atoms with E-state index >= 15 is 0 Å². The van der Waals surface area contributed by atoms with Gasteiger partial charge in [-0.2, -0.15) is 5.10 Å². The molecule has 5 heteroatoms. The molecule has 0 radical (unpaired) electrons. The quantitative estimate of drug-likeness (QED) is 0.855. The summed E-state index contributed by atoms with van der Waals surface area (Å²) in [5, 5.41) is 4.56. The molecule has 2 heterocycles. The van der Waals surface area contributed by atoms with Crippen LogP contribution in [0, 0.1) is 6.92 Å². The third kappa shape index (κ3) is 1.72. The van der Waals surface area contributed by atoms with E-state index in [4.69, 9.17) is 21.8 Å². The monoisotopic (exact) mass is 225 g/mol. The molecule has 0 saturated heterocycles. The molecule has 2 aromatic heterocycles. The van der Waals surface area contributed by atoms with Crippen molar-refractivity contribution in [3.63, 3.8) is 0 Å². The Labute approximate surface area is 92.6 Å². The second kappa shape index (κ2) is 3.62. The van der Waals surface area contributed by atoms with Crippen LogP contribution in [0.5, 0.6) is 0 Å². The van der Waals surface area contributed by atoms with Gasteiger partial charge in [-0.05, 0) is 26.0 Å². The van der Waals surface area contributed by atoms with Crippen molar-refractivity contribution in [1.82, 2.24) is 9.78 Å². The van der Waals surface area contributed by atoms with Gasteiger partial charge in [-0.25, -0.2) is 4.68 Å². The molecule has 2 aromatic rings. The van der Waals surface area contributed by atoms with Crippen molar-refractivity contribution >= 4 is 17.4 Å². The van der Waals surface area contributed by atoms with E-state index < -0.39 is 0 Å². The molecule has 1 unspecified atom stereocenters. The molecule has 0 aliphatic rings. The molecule has 0 aliphatic heterocycles. The number of anilines is 1. The number of nitrogens with two attached hydrogens (primary N) is 1. The maximum Gasteiger partial charge on any atom is 0.141 e. The topological polar surface area (TPSA) is 57.0 Å². The highest BCUT2D eigenvalue weighted by molar-refractivity contribution is 6.32. The highest BCUT2D eigenvalue weighted by Crippen LogP contribution is 2.26. The van der Waals surface area contributed by atoms with Gasteiger partial charge in [0.25, 0.3) is 0 Å². The molecule has 0 aromatic carbocycles. The van der Waals surface area contributed by atoms with Crippen LogP contribution in [0.15, 0.2) is 22.7 Å². The molecular weight excluding hydrogens is 214 g/mol. The maximum atomic E-state index is 5.83. The van der Waals surface area contributed by atoms with Gasteiger partial charge in [0.05, 0.1) is 6.20 Å². The first-order valence-electron chi connectivity index (χ1n) is 4.64. The Kier molecular flexibility index (Phi) is 2.44. The van der Waals surface area contributed by atoms with E-state index in [-0.39, 0.29) is 6.04 Å². The van der Waals surface area contributed by atoms with Gasteiger partial charge in [-0.3, -0.25) is 0 Å². The minimum Gasteiger partial charge on any atom is -0.464 e. The largest absolute Gasteiger partial charge is 0.464 e. The summed E-state index contributed by atoms with van der Waals surface area (Å²) in [4.78, 5) is 0. The van der Waals surface area contributed by atoms with Gasteiger partial charge in [-0.15, -0.1) is 0 Å². The van der Waals surface area contributed by atoms with Gasteiger partial charge in [0.1, 0.15) is 28.4 Å². The molecule has 0 amide bonds. The number of nitrogens with zero attached hydrogens (tertiary/aromatic N) is 2. The summed E-state index contributed by atoms with van der Waals surface area (Å²) in [6, 6.07) is 3.77. The van der Waals surface area contributed by atoms with Crippen LogP contribution in [-0.4, -0.2) is 9.78 Å². The van der Waals surface area contributed by atoms with E-state index in [1.54, 1.807) is 4.68 Å². The Balaban J connectivity index is 2.36. The van der Waals surface area contributed by atoms with Gasteiger partial charge in [0.15, 0.2) is 0 Å². The number of nitrogen functional groups attached to an aromatic ring is 1. The van der Waals surface area contributed by atoms with Crippen LogP contribution in [0.2, 0.25) is 5.02 Å². The molecule has 1 atom stereocenters. The lowest BCUT2D eigenvalue weighted by Gasteiger charge is -2.10. The summed E-state index contributed by atoms with van der Waals surface area (Å²) in [6.07, 6.45) is 1.53. The molecule has 80 valence electrons. The highest BCUT2D eigenvalue weighted by Gasteiger charge is 2.16. The van der Waals surface area contributed by atoms with Crippen molar-refractivity contribution in [1.29, 1.82) is 0 Å². The van der Waals surface area contributed by atoms with Crippen LogP contribution in [0.4, 0.5) is 5.82 Å². The molecule has 2 N–H and O–H groups in total. The molecule has 0 aliphatic carbocycles. The fourth-order valence-corrected chi connectivity index (χ4v) is 1.59. The van der Waals surface area contributed by atoms with Gasteiger partial charge >= 0.3 is 0 Å². The lowest BCUT2D eigenvalue weighted by molar-refractivity contribution is 0.414. The Hall–Kier alpha value is -1.42. The molecule has 0 saturated carbocycles. The van der Waals surface area contributed by atoms with Crippen LogP contribution in [0.3, 0.4) is 0 Å². The van der Waals surface area contributed by atoms with E-state index in [9.17, 15) is 0 Å². The lowest BCUT2D eigenvalue weighted by atomic mass is 10.2. The van der Waals surface area contributed by atoms with Crippen molar-refractivity contribution in [2.45, 2.75) is 19.9 Å². The van der Waals surface area contributed by atoms with Crippen LogP contribution < -0.4 is 5.73 Å². The van der Waals surface area contributed by atoms with Crippen LogP contribution in [-0.2, 0) is 0 Å². The average molecular weight is 226 g/mol. The first-order valence-corrected chi connectivity index (χ1v) is 5.02. The lowest BCUT2D eigenvalue weighted by Crippen LogP contribution is -2.10. The standard InChI is InChI=1S/C10H12ClN3O/c1-6-3-4-9(15-6)7(2)14-10(12)8(11)5-13-14/h3-5,7H,12H2,1-2H3. The van der Waals surface area contributed by atoms with E-state index in [0.717, 1.165) is 11.5 Å². The first-order chi connectivity index (χ1) is 7.09. The SMILES string of the molecule is Cc1ccc(C(C)n2ncc(Cl)c2N)o1. The number of aryl methyl sites for hydroxylation is 1. The summed E-state index contributed by atoms with van der Waals surface area (Å²) >= 11 is 5.83. The predicted molar refractivity (Wildman–Crippen MR) is 58.9 cm³/mol. The number of furan rings is 1.